The molecule has 5 rings (SSSR count). The van der Waals surface area contributed by atoms with E-state index in [-0.39, 0.29) is 29.2 Å². The van der Waals surface area contributed by atoms with Crippen LogP contribution in [0, 0.1) is 0 Å². The Labute approximate surface area is 196 Å². The zero-order valence-corrected chi connectivity index (χ0v) is 18.8. The van der Waals surface area contributed by atoms with Gasteiger partial charge in [-0.1, -0.05) is 18.2 Å². The van der Waals surface area contributed by atoms with Crippen LogP contribution in [0.25, 0.3) is 0 Å². The Balaban J connectivity index is 1.24. The van der Waals surface area contributed by atoms with E-state index < -0.39 is 0 Å². The first kappa shape index (κ1) is 21.7. The summed E-state index contributed by atoms with van der Waals surface area (Å²) in [5, 5.41) is 4.40. The predicted molar refractivity (Wildman–Crippen MR) is 120 cm³/mol. The van der Waals surface area contributed by atoms with Crippen LogP contribution in [-0.4, -0.2) is 82.0 Å². The van der Waals surface area contributed by atoms with E-state index in [2.05, 4.69) is 5.10 Å². The van der Waals surface area contributed by atoms with E-state index in [0.717, 1.165) is 11.3 Å². The van der Waals surface area contributed by atoms with Crippen LogP contribution in [0.1, 0.15) is 37.1 Å². The van der Waals surface area contributed by atoms with Crippen LogP contribution in [0.15, 0.2) is 53.1 Å². The Kier molecular flexibility index (Phi) is 5.79. The number of aromatic nitrogens is 2. The maximum Gasteiger partial charge on any atom is 0.289 e. The second kappa shape index (κ2) is 9.05. The fraction of sp³-hybridized carbons (Fsp3) is 0.333. The van der Waals surface area contributed by atoms with Crippen LogP contribution in [0.3, 0.4) is 0 Å². The molecule has 0 bridgehead atoms. The zero-order valence-electron chi connectivity index (χ0n) is 18.8. The van der Waals surface area contributed by atoms with Crippen molar-refractivity contribution in [3.8, 4) is 5.75 Å². The Morgan fingerprint density at radius 2 is 1.71 bits per heavy atom. The number of rotatable bonds is 5. The van der Waals surface area contributed by atoms with Gasteiger partial charge < -0.3 is 23.9 Å². The second-order valence-corrected chi connectivity index (χ2v) is 8.24. The quantitative estimate of drug-likeness (QED) is 0.571. The fourth-order valence-electron chi connectivity index (χ4n) is 4.36. The summed E-state index contributed by atoms with van der Waals surface area (Å²) < 4.78 is 12.2. The minimum absolute atomic E-state index is 0.169. The first-order valence-corrected chi connectivity index (χ1v) is 11.2. The van der Waals surface area contributed by atoms with Gasteiger partial charge in [0.25, 0.3) is 17.7 Å². The average Bonchev–Trinajstić information content (AvgIpc) is 3.56. The van der Waals surface area contributed by atoms with Crippen molar-refractivity contribution in [3.63, 3.8) is 0 Å². The molecular weight excluding hydrogens is 438 g/mol. The van der Waals surface area contributed by atoms with Crippen molar-refractivity contribution in [3.05, 3.63) is 71.4 Å². The molecule has 10 heteroatoms. The van der Waals surface area contributed by atoms with Gasteiger partial charge in [-0.05, 0) is 18.2 Å². The monoisotopic (exact) mass is 463 g/mol. The largest absolute Gasteiger partial charge is 0.496 e. The van der Waals surface area contributed by atoms with Crippen LogP contribution in [0.2, 0.25) is 0 Å². The lowest BCUT2D eigenvalue weighted by Gasteiger charge is -2.33. The van der Waals surface area contributed by atoms with E-state index in [9.17, 15) is 14.4 Å². The SMILES string of the molecule is COc1ccccc1CN1CCn2nc(C(=O)N3CCN(C(=O)c4ccco4)CC3)cc2C1=O. The van der Waals surface area contributed by atoms with Crippen molar-refractivity contribution in [2.75, 3.05) is 39.8 Å². The number of ether oxygens (including phenoxy) is 1. The molecule has 0 aliphatic carbocycles. The first-order chi connectivity index (χ1) is 16.5. The maximum absolute atomic E-state index is 13.1. The molecule has 4 heterocycles. The molecule has 34 heavy (non-hydrogen) atoms. The number of furan rings is 1. The van der Waals surface area contributed by atoms with Crippen molar-refractivity contribution in [1.82, 2.24) is 24.5 Å². The first-order valence-electron chi connectivity index (χ1n) is 11.2. The molecule has 1 saturated heterocycles. The Morgan fingerprint density at radius 1 is 0.971 bits per heavy atom. The third-order valence-corrected chi connectivity index (χ3v) is 6.23. The number of hydrogen-bond acceptors (Lipinski definition) is 6. The number of nitrogens with zero attached hydrogens (tertiary/aromatic N) is 5. The van der Waals surface area contributed by atoms with Crippen LogP contribution >= 0.6 is 0 Å². The summed E-state index contributed by atoms with van der Waals surface area (Å²) in [6, 6.07) is 12.5. The lowest BCUT2D eigenvalue weighted by Crippen LogP contribution is -2.50. The topological polar surface area (TPSA) is 101 Å². The molecule has 1 aromatic carbocycles. The van der Waals surface area contributed by atoms with Gasteiger partial charge in [0.2, 0.25) is 0 Å². The number of hydrogen-bond donors (Lipinski definition) is 0. The van der Waals surface area contributed by atoms with E-state index in [1.54, 1.807) is 44.7 Å². The minimum Gasteiger partial charge on any atom is -0.496 e. The molecule has 0 atom stereocenters. The summed E-state index contributed by atoms with van der Waals surface area (Å²) in [5.41, 5.74) is 1.56. The van der Waals surface area contributed by atoms with E-state index in [4.69, 9.17) is 9.15 Å². The molecule has 0 unspecified atom stereocenters. The number of carbonyl (C=O) groups is 3. The third kappa shape index (κ3) is 4.02. The molecule has 3 aromatic rings. The Morgan fingerprint density at radius 3 is 2.41 bits per heavy atom. The number of para-hydroxylation sites is 1. The average molecular weight is 463 g/mol. The van der Waals surface area contributed by atoms with E-state index in [1.807, 2.05) is 24.3 Å². The molecule has 10 nitrogen and oxygen atoms in total. The molecule has 2 aliphatic heterocycles. The number of benzene rings is 1. The number of piperazine rings is 1. The number of carbonyl (C=O) groups excluding carboxylic acids is 3. The van der Waals surface area contributed by atoms with Crippen LogP contribution in [0.5, 0.6) is 5.75 Å². The number of fused-ring (bicyclic) bond motifs is 1. The van der Waals surface area contributed by atoms with Gasteiger partial charge in [-0.3, -0.25) is 19.1 Å². The van der Waals surface area contributed by atoms with Crippen molar-refractivity contribution >= 4 is 17.7 Å². The molecule has 1 fully saturated rings. The second-order valence-electron chi connectivity index (χ2n) is 8.24. The molecule has 2 aromatic heterocycles. The zero-order chi connectivity index (χ0) is 23.7. The third-order valence-electron chi connectivity index (χ3n) is 6.23. The summed E-state index contributed by atoms with van der Waals surface area (Å²) >= 11 is 0. The molecule has 0 spiro atoms. The van der Waals surface area contributed by atoms with E-state index in [0.29, 0.717) is 51.5 Å². The molecule has 0 radical (unpaired) electrons. The van der Waals surface area contributed by atoms with E-state index in [1.165, 1.54) is 6.26 Å². The highest BCUT2D eigenvalue weighted by molar-refractivity contribution is 5.98. The molecule has 0 saturated carbocycles. The fourth-order valence-corrected chi connectivity index (χ4v) is 4.36. The highest BCUT2D eigenvalue weighted by Crippen LogP contribution is 2.23. The van der Waals surface area contributed by atoms with Gasteiger partial charge in [0.05, 0.1) is 19.9 Å². The van der Waals surface area contributed by atoms with Crippen LogP contribution in [-0.2, 0) is 13.1 Å². The molecule has 0 N–H and O–H groups in total. The lowest BCUT2D eigenvalue weighted by atomic mass is 10.1. The predicted octanol–water partition coefficient (Wildman–Crippen LogP) is 1.74. The summed E-state index contributed by atoms with van der Waals surface area (Å²) in [6.45, 7) is 3.02. The van der Waals surface area contributed by atoms with Gasteiger partial charge in [-0.15, -0.1) is 0 Å². The number of methoxy groups -OCH3 is 1. The lowest BCUT2D eigenvalue weighted by molar-refractivity contribution is 0.0514. The van der Waals surface area contributed by atoms with Crippen molar-refractivity contribution < 1.29 is 23.5 Å². The molecule has 176 valence electrons. The Hall–Kier alpha value is -4.08. The standard InChI is InChI=1S/C24H25N5O5/c1-33-20-6-3-2-5-17(20)16-28-12-13-29-19(23(28)31)15-18(25-29)22(30)26-8-10-27(11-9-26)24(32)21-7-4-14-34-21/h2-7,14-15H,8-13,16H2,1H3. The molecule has 2 aliphatic rings. The van der Waals surface area contributed by atoms with Gasteiger partial charge in [0.1, 0.15) is 11.4 Å². The normalized spacial score (nSPS) is 15.9. The highest BCUT2D eigenvalue weighted by Gasteiger charge is 2.31. The summed E-state index contributed by atoms with van der Waals surface area (Å²) in [5.74, 6) is 0.427. The van der Waals surface area contributed by atoms with Crippen molar-refractivity contribution in [2.24, 2.45) is 0 Å². The van der Waals surface area contributed by atoms with E-state index >= 15 is 0 Å². The Bertz CT molecular complexity index is 1210. The molecule has 3 amide bonds. The summed E-state index contributed by atoms with van der Waals surface area (Å²) in [6.07, 6.45) is 1.46. The van der Waals surface area contributed by atoms with Gasteiger partial charge in [-0.2, -0.15) is 5.10 Å². The summed E-state index contributed by atoms with van der Waals surface area (Å²) in [4.78, 5) is 43.7. The minimum atomic E-state index is -0.240. The smallest absolute Gasteiger partial charge is 0.289 e. The number of amides is 3. The maximum atomic E-state index is 13.1. The van der Waals surface area contributed by atoms with Crippen molar-refractivity contribution in [1.29, 1.82) is 0 Å². The van der Waals surface area contributed by atoms with Gasteiger partial charge in [0.15, 0.2) is 11.5 Å². The van der Waals surface area contributed by atoms with Crippen LogP contribution in [0.4, 0.5) is 0 Å². The molecular formula is C24H25N5O5. The van der Waals surface area contributed by atoms with Crippen LogP contribution < -0.4 is 4.74 Å². The highest BCUT2D eigenvalue weighted by atomic mass is 16.5. The summed E-state index contributed by atoms with van der Waals surface area (Å²) in [7, 11) is 1.61. The van der Waals surface area contributed by atoms with Gasteiger partial charge >= 0.3 is 0 Å². The van der Waals surface area contributed by atoms with Gasteiger partial charge in [0, 0.05) is 50.9 Å². The van der Waals surface area contributed by atoms with Gasteiger partial charge in [-0.25, -0.2) is 0 Å². The van der Waals surface area contributed by atoms with Crippen molar-refractivity contribution in [2.45, 2.75) is 13.1 Å².